The molecular formula is C26H24O. The Labute approximate surface area is 160 Å². The molecule has 0 atom stereocenters. The number of rotatable bonds is 5. The van der Waals surface area contributed by atoms with Crippen LogP contribution in [0.25, 0.3) is 21.5 Å². The van der Waals surface area contributed by atoms with Crippen molar-refractivity contribution in [3.8, 4) is 0 Å². The van der Waals surface area contributed by atoms with Crippen LogP contribution in [-0.4, -0.2) is 5.78 Å². The zero-order valence-electron chi connectivity index (χ0n) is 16.0. The molecule has 0 unspecified atom stereocenters. The lowest BCUT2D eigenvalue weighted by atomic mass is 9.87. The summed E-state index contributed by atoms with van der Waals surface area (Å²) in [5.41, 5.74) is 3.96. The summed E-state index contributed by atoms with van der Waals surface area (Å²) in [4.78, 5) is 13.5. The number of hydrogen-bond donors (Lipinski definition) is 0. The topological polar surface area (TPSA) is 17.1 Å². The Morgan fingerprint density at radius 1 is 0.852 bits per heavy atom. The maximum Gasteiger partial charge on any atom is 0.193 e. The van der Waals surface area contributed by atoms with E-state index >= 15 is 0 Å². The smallest absolute Gasteiger partial charge is 0.193 e. The Balaban J connectivity index is 2.08. The van der Waals surface area contributed by atoms with Gasteiger partial charge in [0.1, 0.15) is 0 Å². The molecule has 4 aromatic rings. The predicted molar refractivity (Wildman–Crippen MR) is 115 cm³/mol. The minimum absolute atomic E-state index is 0.108. The van der Waals surface area contributed by atoms with E-state index in [0.717, 1.165) is 46.7 Å². The molecule has 0 aliphatic heterocycles. The Morgan fingerprint density at radius 2 is 1.59 bits per heavy atom. The van der Waals surface area contributed by atoms with Crippen LogP contribution in [0.3, 0.4) is 0 Å². The van der Waals surface area contributed by atoms with Crippen molar-refractivity contribution >= 4 is 27.3 Å². The quantitative estimate of drug-likeness (QED) is 0.283. The van der Waals surface area contributed by atoms with E-state index in [2.05, 4.69) is 49.4 Å². The number of carbonyl (C=O) groups is 1. The lowest BCUT2D eigenvalue weighted by Gasteiger charge is -2.16. The molecule has 0 saturated heterocycles. The largest absolute Gasteiger partial charge is 0.289 e. The lowest BCUT2D eigenvalue weighted by molar-refractivity contribution is 0.104. The number of fused-ring (bicyclic) bond motifs is 3. The third-order valence-corrected chi connectivity index (χ3v) is 5.38. The Morgan fingerprint density at radius 3 is 2.37 bits per heavy atom. The first-order valence-electron chi connectivity index (χ1n) is 9.74. The fourth-order valence-corrected chi connectivity index (χ4v) is 3.97. The van der Waals surface area contributed by atoms with Crippen LogP contribution in [0, 0.1) is 6.92 Å². The van der Waals surface area contributed by atoms with Crippen molar-refractivity contribution in [1.29, 1.82) is 0 Å². The van der Waals surface area contributed by atoms with E-state index in [4.69, 9.17) is 0 Å². The summed E-state index contributed by atoms with van der Waals surface area (Å²) in [6.07, 6.45) is 3.36. The SMILES string of the molecule is CCCCc1cc2ccccc2c2c(C(=O)c3ccccc3)c(C)ccc12. The van der Waals surface area contributed by atoms with E-state index < -0.39 is 0 Å². The fraction of sp³-hybridized carbons (Fsp3) is 0.192. The first-order chi connectivity index (χ1) is 13.2. The monoisotopic (exact) mass is 352 g/mol. The molecule has 4 rings (SSSR count). The predicted octanol–water partition coefficient (Wildman–Crippen LogP) is 6.88. The van der Waals surface area contributed by atoms with Gasteiger partial charge in [-0.1, -0.05) is 86.1 Å². The minimum Gasteiger partial charge on any atom is -0.289 e. The van der Waals surface area contributed by atoms with Gasteiger partial charge in [-0.15, -0.1) is 0 Å². The zero-order chi connectivity index (χ0) is 18.8. The van der Waals surface area contributed by atoms with Crippen LogP contribution >= 0.6 is 0 Å². The van der Waals surface area contributed by atoms with Crippen molar-refractivity contribution in [2.45, 2.75) is 33.1 Å². The van der Waals surface area contributed by atoms with E-state index in [1.165, 1.54) is 16.3 Å². The van der Waals surface area contributed by atoms with E-state index in [1.54, 1.807) is 0 Å². The molecule has 0 N–H and O–H groups in total. The lowest BCUT2D eigenvalue weighted by Crippen LogP contribution is -2.06. The number of carbonyl (C=O) groups excluding carboxylic acids is 1. The summed E-state index contributed by atoms with van der Waals surface area (Å²) < 4.78 is 0. The standard InChI is InChI=1S/C26H24O/c1-3-4-10-20-17-21-13-8-9-14-22(21)25-23(20)16-15-18(2)24(25)26(27)19-11-6-5-7-12-19/h5-9,11-17H,3-4,10H2,1-2H3. The second-order valence-corrected chi connectivity index (χ2v) is 7.24. The van der Waals surface area contributed by atoms with E-state index in [9.17, 15) is 4.79 Å². The molecule has 0 bridgehead atoms. The van der Waals surface area contributed by atoms with Crippen molar-refractivity contribution in [2.24, 2.45) is 0 Å². The Hall–Kier alpha value is -2.93. The van der Waals surface area contributed by atoms with Gasteiger partial charge in [0.2, 0.25) is 0 Å². The molecule has 0 saturated carbocycles. The summed E-state index contributed by atoms with van der Waals surface area (Å²) in [7, 11) is 0. The van der Waals surface area contributed by atoms with Gasteiger partial charge in [-0.3, -0.25) is 4.79 Å². The number of hydrogen-bond acceptors (Lipinski definition) is 1. The van der Waals surface area contributed by atoms with Crippen molar-refractivity contribution < 1.29 is 4.79 Å². The van der Waals surface area contributed by atoms with Crippen molar-refractivity contribution in [1.82, 2.24) is 0 Å². The molecule has 0 aliphatic rings. The van der Waals surface area contributed by atoms with Crippen molar-refractivity contribution in [3.05, 3.63) is 95.1 Å². The summed E-state index contributed by atoms with van der Waals surface area (Å²) in [6, 6.07) is 24.7. The number of unbranched alkanes of at least 4 members (excludes halogenated alkanes) is 1. The molecule has 4 aromatic carbocycles. The third-order valence-electron chi connectivity index (χ3n) is 5.38. The van der Waals surface area contributed by atoms with Gasteiger partial charge in [-0.2, -0.15) is 0 Å². The van der Waals surface area contributed by atoms with Gasteiger partial charge in [-0.05, 0) is 47.1 Å². The maximum atomic E-state index is 13.5. The van der Waals surface area contributed by atoms with Crippen LogP contribution < -0.4 is 0 Å². The van der Waals surface area contributed by atoms with Crippen LogP contribution in [0.1, 0.15) is 46.8 Å². The molecule has 134 valence electrons. The molecule has 0 heterocycles. The van der Waals surface area contributed by atoms with Gasteiger partial charge < -0.3 is 0 Å². The highest BCUT2D eigenvalue weighted by molar-refractivity contribution is 6.24. The van der Waals surface area contributed by atoms with Gasteiger partial charge in [0.05, 0.1) is 0 Å². The molecule has 0 radical (unpaired) electrons. The second-order valence-electron chi connectivity index (χ2n) is 7.24. The first kappa shape index (κ1) is 17.5. The minimum atomic E-state index is 0.108. The summed E-state index contributed by atoms with van der Waals surface area (Å²) in [5, 5.41) is 4.69. The van der Waals surface area contributed by atoms with Gasteiger partial charge in [0.25, 0.3) is 0 Å². The van der Waals surface area contributed by atoms with Gasteiger partial charge in [-0.25, -0.2) is 0 Å². The third kappa shape index (κ3) is 3.14. The van der Waals surface area contributed by atoms with Crippen LogP contribution in [0.5, 0.6) is 0 Å². The second kappa shape index (κ2) is 7.36. The molecular weight excluding hydrogens is 328 g/mol. The molecule has 27 heavy (non-hydrogen) atoms. The highest BCUT2D eigenvalue weighted by atomic mass is 16.1. The molecule has 0 fully saturated rings. The van der Waals surface area contributed by atoms with Gasteiger partial charge in [0, 0.05) is 16.5 Å². The van der Waals surface area contributed by atoms with E-state index in [0.29, 0.717) is 0 Å². The molecule has 1 nitrogen and oxygen atoms in total. The van der Waals surface area contributed by atoms with Crippen LogP contribution in [0.2, 0.25) is 0 Å². The highest BCUT2D eigenvalue weighted by Gasteiger charge is 2.18. The number of ketones is 1. The summed E-state index contributed by atoms with van der Waals surface area (Å²) in [5.74, 6) is 0.108. The Kier molecular flexibility index (Phi) is 4.77. The van der Waals surface area contributed by atoms with E-state index in [-0.39, 0.29) is 5.78 Å². The van der Waals surface area contributed by atoms with E-state index in [1.807, 2.05) is 37.3 Å². The Bertz CT molecular complexity index is 1120. The molecule has 0 spiro atoms. The molecule has 0 aliphatic carbocycles. The normalized spacial score (nSPS) is 11.2. The molecule has 0 amide bonds. The van der Waals surface area contributed by atoms with Gasteiger partial charge in [0.15, 0.2) is 5.78 Å². The van der Waals surface area contributed by atoms with Crippen LogP contribution in [0.15, 0.2) is 72.8 Å². The van der Waals surface area contributed by atoms with Crippen molar-refractivity contribution in [3.63, 3.8) is 0 Å². The molecule has 0 aromatic heterocycles. The van der Waals surface area contributed by atoms with Crippen molar-refractivity contribution in [2.75, 3.05) is 0 Å². The average molecular weight is 352 g/mol. The van der Waals surface area contributed by atoms with Crippen LogP contribution in [-0.2, 0) is 6.42 Å². The van der Waals surface area contributed by atoms with Gasteiger partial charge >= 0.3 is 0 Å². The van der Waals surface area contributed by atoms with Crippen LogP contribution in [0.4, 0.5) is 0 Å². The number of aryl methyl sites for hydroxylation is 2. The zero-order valence-corrected chi connectivity index (χ0v) is 16.0. The fourth-order valence-electron chi connectivity index (χ4n) is 3.97. The molecule has 1 heteroatoms. The first-order valence-corrected chi connectivity index (χ1v) is 9.74. The number of benzene rings is 4. The summed E-state index contributed by atoms with van der Waals surface area (Å²) >= 11 is 0. The highest BCUT2D eigenvalue weighted by Crippen LogP contribution is 2.34. The average Bonchev–Trinajstić information content (AvgIpc) is 2.72. The summed E-state index contributed by atoms with van der Waals surface area (Å²) in [6.45, 7) is 4.26. The maximum absolute atomic E-state index is 13.5.